The van der Waals surface area contributed by atoms with E-state index in [0.29, 0.717) is 0 Å². The standard InChI is InChI=1S/C20H15N/c1-3-7-15(8-4-1)17-11-12-19-18(13-17)14-20(21-19)16-9-5-2-6-10-16/h1-14,21H. The van der Waals surface area contributed by atoms with Gasteiger partial charge in [-0.1, -0.05) is 66.7 Å². The highest BCUT2D eigenvalue weighted by molar-refractivity contribution is 5.89. The van der Waals surface area contributed by atoms with E-state index in [0.717, 1.165) is 5.69 Å². The first kappa shape index (κ1) is 12.0. The Kier molecular flexibility index (Phi) is 2.82. The first-order valence-electron chi connectivity index (χ1n) is 7.14. The minimum absolute atomic E-state index is 1.16. The largest absolute Gasteiger partial charge is 0.355 e. The molecule has 1 aromatic heterocycles. The second kappa shape index (κ2) is 4.95. The van der Waals surface area contributed by atoms with Crippen LogP contribution < -0.4 is 0 Å². The predicted octanol–water partition coefficient (Wildman–Crippen LogP) is 5.50. The zero-order valence-electron chi connectivity index (χ0n) is 11.6. The molecule has 0 radical (unpaired) electrons. The number of nitrogens with one attached hydrogen (secondary N) is 1. The van der Waals surface area contributed by atoms with E-state index in [9.17, 15) is 0 Å². The third kappa shape index (κ3) is 2.23. The van der Waals surface area contributed by atoms with Gasteiger partial charge in [0.25, 0.3) is 0 Å². The number of rotatable bonds is 2. The summed E-state index contributed by atoms with van der Waals surface area (Å²) in [5, 5.41) is 1.25. The van der Waals surface area contributed by atoms with Gasteiger partial charge in [-0.2, -0.15) is 0 Å². The molecule has 4 aromatic rings. The Bertz CT molecular complexity index is 836. The average molecular weight is 269 g/mol. The molecule has 1 nitrogen and oxygen atoms in total. The smallest absolute Gasteiger partial charge is 0.0464 e. The Morgan fingerprint density at radius 3 is 1.90 bits per heavy atom. The van der Waals surface area contributed by atoms with Crippen molar-refractivity contribution < 1.29 is 0 Å². The number of aromatic amines is 1. The van der Waals surface area contributed by atoms with E-state index < -0.39 is 0 Å². The molecule has 0 aliphatic carbocycles. The van der Waals surface area contributed by atoms with Crippen molar-refractivity contribution in [2.75, 3.05) is 0 Å². The van der Waals surface area contributed by atoms with E-state index in [1.807, 2.05) is 12.1 Å². The van der Waals surface area contributed by atoms with Crippen LogP contribution in [-0.2, 0) is 0 Å². The van der Waals surface area contributed by atoms with Gasteiger partial charge in [0.05, 0.1) is 0 Å². The fourth-order valence-corrected chi connectivity index (χ4v) is 2.72. The molecule has 0 unspecified atom stereocenters. The van der Waals surface area contributed by atoms with Gasteiger partial charge in [0.15, 0.2) is 0 Å². The van der Waals surface area contributed by atoms with Crippen LogP contribution in [0.25, 0.3) is 33.3 Å². The topological polar surface area (TPSA) is 15.8 Å². The van der Waals surface area contributed by atoms with Crippen molar-refractivity contribution in [3.63, 3.8) is 0 Å². The minimum Gasteiger partial charge on any atom is -0.355 e. The normalized spacial score (nSPS) is 10.9. The molecule has 4 rings (SSSR count). The van der Waals surface area contributed by atoms with Crippen molar-refractivity contribution in [3.8, 4) is 22.4 Å². The first-order valence-corrected chi connectivity index (χ1v) is 7.14. The van der Waals surface area contributed by atoms with Crippen LogP contribution >= 0.6 is 0 Å². The molecule has 0 aliphatic rings. The van der Waals surface area contributed by atoms with Crippen LogP contribution in [-0.4, -0.2) is 4.98 Å². The molecule has 0 atom stereocenters. The van der Waals surface area contributed by atoms with Gasteiger partial charge in [-0.15, -0.1) is 0 Å². The molecule has 1 heterocycles. The van der Waals surface area contributed by atoms with Crippen LogP contribution in [0.3, 0.4) is 0 Å². The van der Waals surface area contributed by atoms with Crippen LogP contribution in [0.1, 0.15) is 0 Å². The fraction of sp³-hybridized carbons (Fsp3) is 0. The molecule has 3 aromatic carbocycles. The predicted molar refractivity (Wildman–Crippen MR) is 89.2 cm³/mol. The summed E-state index contributed by atoms with van der Waals surface area (Å²) in [6.07, 6.45) is 0. The van der Waals surface area contributed by atoms with Crippen molar-refractivity contribution in [3.05, 3.63) is 84.9 Å². The van der Waals surface area contributed by atoms with Crippen LogP contribution in [0, 0.1) is 0 Å². The number of fused-ring (bicyclic) bond motifs is 1. The van der Waals surface area contributed by atoms with Gasteiger partial charge in [-0.3, -0.25) is 0 Å². The molecular formula is C20H15N. The third-order valence-corrected chi connectivity index (χ3v) is 3.81. The lowest BCUT2D eigenvalue weighted by Crippen LogP contribution is -1.76. The van der Waals surface area contributed by atoms with Crippen molar-refractivity contribution >= 4 is 10.9 Å². The van der Waals surface area contributed by atoms with Gasteiger partial charge in [0.2, 0.25) is 0 Å². The number of hydrogen-bond acceptors (Lipinski definition) is 0. The van der Waals surface area contributed by atoms with E-state index in [1.165, 1.54) is 27.6 Å². The number of H-pyrrole nitrogens is 1. The third-order valence-electron chi connectivity index (χ3n) is 3.81. The van der Waals surface area contributed by atoms with E-state index in [1.54, 1.807) is 0 Å². The summed E-state index contributed by atoms with van der Waals surface area (Å²) in [5.41, 5.74) is 6.06. The Balaban J connectivity index is 1.82. The molecule has 0 spiro atoms. The molecule has 21 heavy (non-hydrogen) atoms. The van der Waals surface area contributed by atoms with E-state index in [2.05, 4.69) is 77.8 Å². The summed E-state index contributed by atoms with van der Waals surface area (Å²) in [5.74, 6) is 0. The van der Waals surface area contributed by atoms with E-state index in [-0.39, 0.29) is 0 Å². The lowest BCUT2D eigenvalue weighted by Gasteiger charge is -2.00. The molecule has 0 bridgehead atoms. The molecule has 1 N–H and O–H groups in total. The molecule has 1 heteroatoms. The second-order valence-electron chi connectivity index (χ2n) is 5.22. The second-order valence-corrected chi connectivity index (χ2v) is 5.22. The number of hydrogen-bond donors (Lipinski definition) is 1. The minimum atomic E-state index is 1.16. The van der Waals surface area contributed by atoms with Crippen molar-refractivity contribution in [1.82, 2.24) is 4.98 Å². The van der Waals surface area contributed by atoms with Gasteiger partial charge in [-0.05, 0) is 34.9 Å². The quantitative estimate of drug-likeness (QED) is 0.494. The Hall–Kier alpha value is -2.80. The molecule has 100 valence electrons. The lowest BCUT2D eigenvalue weighted by molar-refractivity contribution is 1.45. The average Bonchev–Trinajstić information content (AvgIpc) is 2.99. The summed E-state index contributed by atoms with van der Waals surface area (Å²) in [7, 11) is 0. The van der Waals surface area contributed by atoms with Gasteiger partial charge >= 0.3 is 0 Å². The fourth-order valence-electron chi connectivity index (χ4n) is 2.72. The molecule has 0 aliphatic heterocycles. The van der Waals surface area contributed by atoms with Gasteiger partial charge in [-0.25, -0.2) is 0 Å². The van der Waals surface area contributed by atoms with Gasteiger partial charge < -0.3 is 4.98 Å². The number of benzene rings is 3. The summed E-state index contributed by atoms with van der Waals surface area (Å²) >= 11 is 0. The maximum atomic E-state index is 3.49. The van der Waals surface area contributed by atoms with Gasteiger partial charge in [0.1, 0.15) is 0 Å². The zero-order chi connectivity index (χ0) is 14.1. The zero-order valence-corrected chi connectivity index (χ0v) is 11.6. The summed E-state index contributed by atoms with van der Waals surface area (Å²) in [6, 6.07) is 29.7. The monoisotopic (exact) mass is 269 g/mol. The Morgan fingerprint density at radius 1 is 0.524 bits per heavy atom. The lowest BCUT2D eigenvalue weighted by atomic mass is 10.0. The highest BCUT2D eigenvalue weighted by atomic mass is 14.7. The van der Waals surface area contributed by atoms with Crippen molar-refractivity contribution in [2.45, 2.75) is 0 Å². The van der Waals surface area contributed by atoms with Crippen LogP contribution in [0.5, 0.6) is 0 Å². The first-order chi connectivity index (χ1) is 10.4. The molecular weight excluding hydrogens is 254 g/mol. The highest BCUT2D eigenvalue weighted by Gasteiger charge is 2.04. The van der Waals surface area contributed by atoms with Crippen molar-refractivity contribution in [1.29, 1.82) is 0 Å². The summed E-state index contributed by atoms with van der Waals surface area (Å²) in [4.78, 5) is 3.49. The van der Waals surface area contributed by atoms with E-state index >= 15 is 0 Å². The van der Waals surface area contributed by atoms with Crippen LogP contribution in [0.4, 0.5) is 0 Å². The highest BCUT2D eigenvalue weighted by Crippen LogP contribution is 2.28. The Morgan fingerprint density at radius 2 is 1.19 bits per heavy atom. The maximum Gasteiger partial charge on any atom is 0.0464 e. The maximum absolute atomic E-state index is 3.49. The van der Waals surface area contributed by atoms with Gasteiger partial charge in [0, 0.05) is 16.6 Å². The Labute approximate surface area is 123 Å². The molecule has 0 saturated heterocycles. The van der Waals surface area contributed by atoms with Crippen molar-refractivity contribution in [2.24, 2.45) is 0 Å². The molecule has 0 fully saturated rings. The van der Waals surface area contributed by atoms with Crippen LogP contribution in [0.2, 0.25) is 0 Å². The van der Waals surface area contributed by atoms with E-state index in [4.69, 9.17) is 0 Å². The summed E-state index contributed by atoms with van der Waals surface area (Å²) in [6.45, 7) is 0. The molecule has 0 amide bonds. The SMILES string of the molecule is c1ccc(-c2ccc3[nH]c(-c4ccccc4)cc3c2)cc1. The number of aromatic nitrogens is 1. The summed E-state index contributed by atoms with van der Waals surface area (Å²) < 4.78 is 0. The van der Waals surface area contributed by atoms with Crippen LogP contribution in [0.15, 0.2) is 84.9 Å². The molecule has 0 saturated carbocycles.